The average Bonchev–Trinajstić information content (AvgIpc) is 3.58. The molecule has 5 rings (SSSR count). The first kappa shape index (κ1) is 25.5. The van der Waals surface area contributed by atoms with Crippen LogP contribution in [0.25, 0.3) is 4.83 Å². The van der Waals surface area contributed by atoms with Crippen molar-refractivity contribution in [1.29, 1.82) is 0 Å². The average molecular weight is 583 g/mol. The van der Waals surface area contributed by atoms with Crippen LogP contribution in [0, 0.1) is 0 Å². The molecule has 0 unspecified atom stereocenters. The number of alkyl halides is 1. The molecule has 0 aromatic carbocycles. The first-order chi connectivity index (χ1) is 18.2. The van der Waals surface area contributed by atoms with Crippen molar-refractivity contribution in [3.63, 3.8) is 0 Å². The first-order valence-electron chi connectivity index (χ1n) is 10.5. The molecule has 0 bridgehead atoms. The Morgan fingerprint density at radius 2 is 2.18 bits per heavy atom. The molecular weight excluding hydrogens is 565 g/mol. The van der Waals surface area contributed by atoms with Gasteiger partial charge in [0.2, 0.25) is 22.1 Å². The van der Waals surface area contributed by atoms with E-state index in [1.54, 1.807) is 26.9 Å². The summed E-state index contributed by atoms with van der Waals surface area (Å²) in [4.78, 5) is 59.6. The van der Waals surface area contributed by atoms with Gasteiger partial charge >= 0.3 is 5.97 Å². The van der Waals surface area contributed by atoms with Crippen LogP contribution < -0.4 is 21.4 Å². The Morgan fingerprint density at radius 3 is 2.84 bits per heavy atom. The fraction of sp³-hybridized carbons (Fsp3) is 0.263. The number of imidazole rings is 1. The number of hydrogen-bond acceptors (Lipinski definition) is 12. The number of carbonyl (C=O) groups excluding carboxylic acids is 3. The molecule has 2 aliphatic rings. The molecule has 38 heavy (non-hydrogen) atoms. The van der Waals surface area contributed by atoms with Gasteiger partial charge in [0.05, 0.1) is 0 Å². The highest BCUT2D eigenvalue weighted by molar-refractivity contribution is 8.00. The lowest BCUT2D eigenvalue weighted by molar-refractivity contribution is -0.687. The molecule has 198 valence electrons. The molecule has 1 saturated heterocycles. The number of carboxylic acid groups (broad SMARTS) is 1. The molecule has 3 amide bonds. The third-order valence-corrected chi connectivity index (χ3v) is 8.33. The number of carboxylic acids is 1. The molecule has 1 fully saturated rings. The molecule has 0 aliphatic carbocycles. The highest BCUT2D eigenvalue weighted by Gasteiger charge is 2.54. The van der Waals surface area contributed by atoms with E-state index >= 15 is 0 Å². The number of thiazole rings is 1. The molecule has 3 aromatic heterocycles. The summed E-state index contributed by atoms with van der Waals surface area (Å²) in [6, 6.07) is -1.08. The molecule has 2 aliphatic heterocycles. The van der Waals surface area contributed by atoms with Crippen molar-refractivity contribution in [3.05, 3.63) is 40.7 Å². The standard InChI is InChI=1S/C19H16FN9O6S3/c20-5-35-25-10(14-24-19(22)38-26-14)15(31)23-11-16(32)29-12(18(33)34)7(3-37-17(11)29)1-27-2-9-28(6-27)8(4-36-9)13(21)30/h2,4,6,11,17H,1,3,5H2,(H5-,21,22,23,24,26,30,31,33,34)/p+1/b25-10-/t11-,17-/m1/s1. The van der Waals surface area contributed by atoms with E-state index in [0.29, 0.717) is 11.3 Å². The Balaban J connectivity index is 1.36. The van der Waals surface area contributed by atoms with Gasteiger partial charge in [-0.3, -0.25) is 19.3 Å². The van der Waals surface area contributed by atoms with Crippen LogP contribution >= 0.6 is 34.6 Å². The number of oxime groups is 1. The number of β-lactam (4-membered cyclic amide) rings is 1. The summed E-state index contributed by atoms with van der Waals surface area (Å²) in [7, 11) is 0. The van der Waals surface area contributed by atoms with Gasteiger partial charge in [0.1, 0.15) is 29.9 Å². The summed E-state index contributed by atoms with van der Waals surface area (Å²) in [5, 5.41) is 16.7. The monoisotopic (exact) mass is 582 g/mol. The van der Waals surface area contributed by atoms with E-state index in [1.807, 2.05) is 0 Å². The van der Waals surface area contributed by atoms with Gasteiger partial charge in [-0.15, -0.1) is 11.8 Å². The number of aliphatic carboxylic acids is 1. The van der Waals surface area contributed by atoms with Crippen molar-refractivity contribution in [2.75, 3.05) is 18.3 Å². The van der Waals surface area contributed by atoms with Crippen molar-refractivity contribution in [3.8, 4) is 0 Å². The van der Waals surface area contributed by atoms with E-state index in [9.17, 15) is 28.7 Å². The number of amides is 3. The van der Waals surface area contributed by atoms with Crippen LogP contribution in [0.5, 0.6) is 0 Å². The molecule has 2 atom stereocenters. The molecule has 0 saturated carbocycles. The fourth-order valence-corrected chi connectivity index (χ4v) is 6.67. The fourth-order valence-electron chi connectivity index (χ4n) is 3.99. The van der Waals surface area contributed by atoms with E-state index in [2.05, 4.69) is 24.7 Å². The molecule has 0 radical (unpaired) electrons. The van der Waals surface area contributed by atoms with Crippen molar-refractivity contribution < 1.29 is 38.1 Å². The summed E-state index contributed by atoms with van der Waals surface area (Å²) in [5.74, 6) is -3.44. The second-order valence-corrected chi connectivity index (χ2v) is 10.6. The molecule has 5 heterocycles. The summed E-state index contributed by atoms with van der Waals surface area (Å²) < 4.78 is 19.6. The Labute approximate surface area is 223 Å². The Hall–Kier alpha value is -4.10. The Kier molecular flexibility index (Phi) is 6.71. The van der Waals surface area contributed by atoms with E-state index in [4.69, 9.17) is 11.5 Å². The van der Waals surface area contributed by atoms with Gasteiger partial charge in [-0.05, 0) is 0 Å². The summed E-state index contributed by atoms with van der Waals surface area (Å²) in [5.41, 5.74) is 11.0. The number of nitrogens with zero attached hydrogens (tertiary/aromatic N) is 6. The van der Waals surface area contributed by atoms with Crippen LogP contribution in [0.2, 0.25) is 0 Å². The zero-order valence-corrected chi connectivity index (χ0v) is 21.4. The SMILES string of the molecule is NC(=O)c1csc2c[n+](CC3=C(C(=O)O)N4C(=O)[C@@H](NC(=O)/C(=N\OCF)c5nsc(N)n5)[C@H]4SC3)cn12. The number of nitrogens with two attached hydrogens (primary N) is 2. The van der Waals surface area contributed by atoms with Gasteiger partial charge in [0.15, 0.2) is 5.13 Å². The molecule has 15 nitrogen and oxygen atoms in total. The van der Waals surface area contributed by atoms with Gasteiger partial charge in [-0.2, -0.15) is 13.8 Å². The van der Waals surface area contributed by atoms with Crippen molar-refractivity contribution in [1.82, 2.24) is 24.0 Å². The quantitative estimate of drug-likeness (QED) is 0.104. The molecule has 0 spiro atoms. The summed E-state index contributed by atoms with van der Waals surface area (Å²) >= 11 is 3.34. The van der Waals surface area contributed by atoms with Gasteiger partial charge in [0, 0.05) is 28.2 Å². The van der Waals surface area contributed by atoms with Crippen molar-refractivity contribution >= 4 is 74.0 Å². The van der Waals surface area contributed by atoms with E-state index in [-0.39, 0.29) is 29.0 Å². The second-order valence-electron chi connectivity index (χ2n) is 7.86. The van der Waals surface area contributed by atoms with Gasteiger partial charge in [0.25, 0.3) is 30.9 Å². The van der Waals surface area contributed by atoms with Crippen LogP contribution in [0.15, 0.2) is 34.3 Å². The van der Waals surface area contributed by atoms with E-state index < -0.39 is 47.7 Å². The molecule has 19 heteroatoms. The number of rotatable bonds is 9. The highest BCUT2D eigenvalue weighted by atomic mass is 32.2. The lowest BCUT2D eigenvalue weighted by Gasteiger charge is -2.49. The predicted octanol–water partition coefficient (Wildman–Crippen LogP) is -1.09. The highest BCUT2D eigenvalue weighted by Crippen LogP contribution is 2.40. The smallest absolute Gasteiger partial charge is 0.352 e. The van der Waals surface area contributed by atoms with Crippen molar-refractivity contribution in [2.45, 2.75) is 18.0 Å². The number of nitrogens with one attached hydrogen (secondary N) is 1. The lowest BCUT2D eigenvalue weighted by atomic mass is 10.0. The minimum Gasteiger partial charge on any atom is -0.477 e. The molecular formula is C19H17FN9O6S3+. The Morgan fingerprint density at radius 1 is 1.39 bits per heavy atom. The topological polar surface area (TPSA) is 211 Å². The van der Waals surface area contributed by atoms with Crippen LogP contribution in [-0.2, 0) is 25.8 Å². The van der Waals surface area contributed by atoms with E-state index in [1.165, 1.54) is 23.1 Å². The predicted molar refractivity (Wildman–Crippen MR) is 132 cm³/mol. The number of nitrogen functional groups attached to an aromatic ring is 1. The van der Waals surface area contributed by atoms with Crippen LogP contribution in [0.3, 0.4) is 0 Å². The number of anilines is 1. The maximum atomic E-state index is 13.0. The molecule has 6 N–H and O–H groups in total. The number of aromatic nitrogens is 4. The molecule has 3 aromatic rings. The Bertz CT molecular complexity index is 1550. The number of carbonyl (C=O) groups is 4. The summed E-state index contributed by atoms with van der Waals surface area (Å²) in [6.45, 7) is -1.18. The number of hydrogen-bond donors (Lipinski definition) is 4. The number of halogens is 1. The van der Waals surface area contributed by atoms with Gasteiger partial charge in [-0.1, -0.05) is 16.5 Å². The van der Waals surface area contributed by atoms with Crippen LogP contribution in [0.4, 0.5) is 9.52 Å². The number of fused-ring (bicyclic) bond motifs is 2. The minimum atomic E-state index is -1.32. The number of primary amides is 1. The second kappa shape index (κ2) is 9.99. The van der Waals surface area contributed by atoms with Gasteiger partial charge in [-0.25, -0.2) is 13.8 Å². The maximum absolute atomic E-state index is 13.0. The number of thioether (sulfide) groups is 1. The third kappa shape index (κ3) is 4.43. The zero-order valence-electron chi connectivity index (χ0n) is 18.9. The zero-order chi connectivity index (χ0) is 27.1. The third-order valence-electron chi connectivity index (χ3n) is 5.56. The van der Waals surface area contributed by atoms with Crippen LogP contribution in [0.1, 0.15) is 16.3 Å². The van der Waals surface area contributed by atoms with E-state index in [0.717, 1.165) is 21.3 Å². The van der Waals surface area contributed by atoms with Crippen molar-refractivity contribution in [2.24, 2.45) is 10.9 Å². The minimum absolute atomic E-state index is 0.0324. The van der Waals surface area contributed by atoms with Crippen LogP contribution in [-0.4, -0.2) is 77.2 Å². The summed E-state index contributed by atoms with van der Waals surface area (Å²) in [6.07, 6.45) is 3.36. The normalized spacial score (nSPS) is 19.3. The lowest BCUT2D eigenvalue weighted by Crippen LogP contribution is -2.71. The maximum Gasteiger partial charge on any atom is 0.352 e. The first-order valence-corrected chi connectivity index (χ1v) is 13.2. The largest absolute Gasteiger partial charge is 0.477 e. The van der Waals surface area contributed by atoms with Gasteiger partial charge < -0.3 is 26.7 Å².